The van der Waals surface area contributed by atoms with Crippen molar-refractivity contribution < 1.29 is 5.11 Å². The van der Waals surface area contributed by atoms with Crippen LogP contribution in [0.5, 0.6) is 0 Å². The Bertz CT molecular complexity index is 665. The second kappa shape index (κ2) is 5.68. The highest BCUT2D eigenvalue weighted by Gasteiger charge is 2.25. The van der Waals surface area contributed by atoms with E-state index in [2.05, 4.69) is 25.8 Å². The van der Waals surface area contributed by atoms with Crippen LogP contribution in [0.4, 0.5) is 5.82 Å². The number of aliphatic hydroxyl groups excluding tert-OH is 1. The molecule has 1 aliphatic rings. The molecule has 1 aliphatic heterocycles. The first-order chi connectivity index (χ1) is 9.61. The largest absolute Gasteiger partial charge is 0.394 e. The number of aliphatic hydroxyl groups is 1. The summed E-state index contributed by atoms with van der Waals surface area (Å²) in [5.74, 6) is 0.824. The van der Waals surface area contributed by atoms with E-state index in [0.717, 1.165) is 35.1 Å². The maximum Gasteiger partial charge on any atom is 0.130 e. The maximum atomic E-state index is 9.45. The van der Waals surface area contributed by atoms with Crippen molar-refractivity contribution in [3.05, 3.63) is 32.7 Å². The van der Waals surface area contributed by atoms with Crippen molar-refractivity contribution >= 4 is 55.9 Å². The third-order valence-electron chi connectivity index (χ3n) is 3.69. The van der Waals surface area contributed by atoms with Crippen LogP contribution in [-0.4, -0.2) is 29.3 Å². The van der Waals surface area contributed by atoms with E-state index >= 15 is 0 Å². The Morgan fingerprint density at radius 3 is 2.95 bits per heavy atom. The molecule has 20 heavy (non-hydrogen) atoms. The van der Waals surface area contributed by atoms with E-state index in [1.54, 1.807) is 6.07 Å². The van der Waals surface area contributed by atoms with Gasteiger partial charge in [0, 0.05) is 16.4 Å². The van der Waals surface area contributed by atoms with Crippen LogP contribution < -0.4 is 4.90 Å². The number of benzene rings is 1. The molecule has 0 amide bonds. The Kier molecular flexibility index (Phi) is 4.09. The van der Waals surface area contributed by atoms with Crippen LogP contribution in [0.1, 0.15) is 12.8 Å². The van der Waals surface area contributed by atoms with Gasteiger partial charge < -0.3 is 10.0 Å². The fourth-order valence-electron chi connectivity index (χ4n) is 2.65. The number of nitrogens with zero attached hydrogens (tertiary/aromatic N) is 2. The lowest BCUT2D eigenvalue weighted by atomic mass is 10.2. The zero-order valence-electron chi connectivity index (χ0n) is 10.6. The van der Waals surface area contributed by atoms with Crippen molar-refractivity contribution in [3.8, 4) is 0 Å². The zero-order chi connectivity index (χ0) is 14.3. The predicted octanol–water partition coefficient (Wildman–Crippen LogP) is 4.27. The van der Waals surface area contributed by atoms with Gasteiger partial charge >= 0.3 is 0 Å². The number of hydrogen-bond acceptors (Lipinski definition) is 3. The fourth-order valence-corrected chi connectivity index (χ4v) is 3.54. The highest BCUT2D eigenvalue weighted by Crippen LogP contribution is 2.36. The van der Waals surface area contributed by atoms with E-state index in [4.69, 9.17) is 23.2 Å². The van der Waals surface area contributed by atoms with E-state index in [9.17, 15) is 5.11 Å². The van der Waals surface area contributed by atoms with Gasteiger partial charge in [-0.25, -0.2) is 4.98 Å². The van der Waals surface area contributed by atoms with Crippen LogP contribution in [-0.2, 0) is 0 Å². The highest BCUT2D eigenvalue weighted by molar-refractivity contribution is 9.10. The van der Waals surface area contributed by atoms with E-state index < -0.39 is 0 Å². The average Bonchev–Trinajstić information content (AvgIpc) is 2.91. The first kappa shape index (κ1) is 14.4. The minimum Gasteiger partial charge on any atom is -0.394 e. The van der Waals surface area contributed by atoms with Crippen LogP contribution >= 0.6 is 39.1 Å². The normalized spacial score (nSPS) is 19.0. The van der Waals surface area contributed by atoms with Crippen LogP contribution in [0.2, 0.25) is 10.0 Å². The van der Waals surface area contributed by atoms with Crippen LogP contribution in [0.25, 0.3) is 10.9 Å². The van der Waals surface area contributed by atoms with E-state index in [1.807, 2.05) is 12.1 Å². The molecule has 0 aliphatic carbocycles. The summed E-state index contributed by atoms with van der Waals surface area (Å²) in [5.41, 5.74) is 0.687. The molecule has 1 fully saturated rings. The number of pyridine rings is 1. The third kappa shape index (κ3) is 2.39. The van der Waals surface area contributed by atoms with Crippen molar-refractivity contribution in [2.45, 2.75) is 18.9 Å². The topological polar surface area (TPSA) is 36.4 Å². The Labute approximate surface area is 135 Å². The first-order valence-corrected chi connectivity index (χ1v) is 7.98. The summed E-state index contributed by atoms with van der Waals surface area (Å²) in [7, 11) is 0. The minimum absolute atomic E-state index is 0.129. The molecule has 2 heterocycles. The van der Waals surface area contributed by atoms with Gasteiger partial charge in [-0.15, -0.1) is 0 Å². The summed E-state index contributed by atoms with van der Waals surface area (Å²) >= 11 is 15.9. The zero-order valence-corrected chi connectivity index (χ0v) is 13.7. The molecular formula is C14H13BrCl2N2O. The van der Waals surface area contributed by atoms with Gasteiger partial charge in [-0.2, -0.15) is 0 Å². The number of aromatic nitrogens is 1. The molecule has 0 radical (unpaired) electrons. The summed E-state index contributed by atoms with van der Waals surface area (Å²) in [4.78, 5) is 6.77. The molecular weight excluding hydrogens is 363 g/mol. The second-order valence-electron chi connectivity index (χ2n) is 4.89. The average molecular weight is 376 g/mol. The van der Waals surface area contributed by atoms with Crippen molar-refractivity contribution in [1.82, 2.24) is 4.98 Å². The lowest BCUT2D eigenvalue weighted by molar-refractivity contribution is 0.266. The number of fused-ring (bicyclic) bond motifs is 1. The molecule has 0 spiro atoms. The maximum absolute atomic E-state index is 9.45. The fraction of sp³-hybridized carbons (Fsp3) is 0.357. The van der Waals surface area contributed by atoms with Gasteiger partial charge in [-0.1, -0.05) is 29.3 Å². The monoisotopic (exact) mass is 374 g/mol. The third-order valence-corrected chi connectivity index (χ3v) is 5.14. The lowest BCUT2D eigenvalue weighted by Gasteiger charge is -2.24. The molecule has 6 heteroatoms. The van der Waals surface area contributed by atoms with Crippen LogP contribution in [0.3, 0.4) is 0 Å². The molecule has 1 saturated heterocycles. The number of hydrogen-bond donors (Lipinski definition) is 1. The molecule has 2 aromatic rings. The molecule has 3 rings (SSSR count). The van der Waals surface area contributed by atoms with Crippen molar-refractivity contribution in [2.24, 2.45) is 0 Å². The quantitative estimate of drug-likeness (QED) is 0.851. The standard InChI is InChI=1S/C14H13BrCl2N2O/c15-10-6-12(19-5-1-2-8(19)7-20)18-14-9(10)3-4-11(16)13(14)17/h3-4,6,8,20H,1-2,5,7H2/t8-/m0/s1. The van der Waals surface area contributed by atoms with Gasteiger partial charge in [0.2, 0.25) is 0 Å². The van der Waals surface area contributed by atoms with E-state index in [1.165, 1.54) is 0 Å². The van der Waals surface area contributed by atoms with Crippen molar-refractivity contribution in [3.63, 3.8) is 0 Å². The van der Waals surface area contributed by atoms with Crippen molar-refractivity contribution in [1.29, 1.82) is 0 Å². The number of anilines is 1. The van der Waals surface area contributed by atoms with Gasteiger partial charge in [0.05, 0.1) is 28.2 Å². The van der Waals surface area contributed by atoms with Crippen LogP contribution in [0.15, 0.2) is 22.7 Å². The number of halogens is 3. The summed E-state index contributed by atoms with van der Waals surface area (Å²) < 4.78 is 0.930. The Morgan fingerprint density at radius 1 is 1.40 bits per heavy atom. The molecule has 0 saturated carbocycles. The molecule has 0 bridgehead atoms. The van der Waals surface area contributed by atoms with E-state index in [-0.39, 0.29) is 12.6 Å². The molecule has 1 aromatic carbocycles. The van der Waals surface area contributed by atoms with Gasteiger partial charge in [-0.3, -0.25) is 0 Å². The Morgan fingerprint density at radius 2 is 2.20 bits per heavy atom. The smallest absolute Gasteiger partial charge is 0.130 e. The van der Waals surface area contributed by atoms with E-state index in [0.29, 0.717) is 15.6 Å². The lowest BCUT2D eigenvalue weighted by Crippen LogP contribution is -2.32. The Hall–Kier alpha value is -0.550. The first-order valence-electron chi connectivity index (χ1n) is 6.43. The van der Waals surface area contributed by atoms with Crippen molar-refractivity contribution in [2.75, 3.05) is 18.1 Å². The molecule has 1 aromatic heterocycles. The van der Waals surface area contributed by atoms with Gasteiger partial charge in [0.25, 0.3) is 0 Å². The molecule has 0 unspecified atom stereocenters. The van der Waals surface area contributed by atoms with Crippen LogP contribution in [0, 0.1) is 0 Å². The summed E-state index contributed by atoms with van der Waals surface area (Å²) in [6.45, 7) is 1.04. The van der Waals surface area contributed by atoms with Gasteiger partial charge in [0.15, 0.2) is 0 Å². The summed E-state index contributed by atoms with van der Waals surface area (Å²) in [6.07, 6.45) is 2.04. The molecule has 106 valence electrons. The van der Waals surface area contributed by atoms with Gasteiger partial charge in [0.1, 0.15) is 5.82 Å². The summed E-state index contributed by atoms with van der Waals surface area (Å²) in [5, 5.41) is 11.3. The molecule has 1 atom stereocenters. The molecule has 1 N–H and O–H groups in total. The number of rotatable bonds is 2. The highest BCUT2D eigenvalue weighted by atomic mass is 79.9. The summed E-state index contributed by atoms with van der Waals surface area (Å²) in [6, 6.07) is 5.77. The van der Waals surface area contributed by atoms with Gasteiger partial charge in [-0.05, 0) is 40.9 Å². The minimum atomic E-state index is 0.129. The molecule has 3 nitrogen and oxygen atoms in total. The predicted molar refractivity (Wildman–Crippen MR) is 86.9 cm³/mol. The SMILES string of the molecule is OC[C@@H]1CCCN1c1cc(Br)c2ccc(Cl)c(Cl)c2n1. The second-order valence-corrected chi connectivity index (χ2v) is 6.53. The Balaban J connectivity index is 2.16.